The van der Waals surface area contributed by atoms with Crippen molar-refractivity contribution in [3.8, 4) is 0 Å². The number of halogens is 1. The summed E-state index contributed by atoms with van der Waals surface area (Å²) in [7, 11) is 0. The van der Waals surface area contributed by atoms with Crippen molar-refractivity contribution in [1.29, 1.82) is 0 Å². The van der Waals surface area contributed by atoms with Crippen LogP contribution in [-0.2, 0) is 6.54 Å². The van der Waals surface area contributed by atoms with E-state index in [1.807, 2.05) is 10.9 Å². The molecule has 0 saturated heterocycles. The van der Waals surface area contributed by atoms with E-state index in [0.29, 0.717) is 17.5 Å². The van der Waals surface area contributed by atoms with E-state index >= 15 is 0 Å². The van der Waals surface area contributed by atoms with Crippen LogP contribution in [0.2, 0.25) is 5.02 Å². The minimum absolute atomic E-state index is 0.406. The zero-order chi connectivity index (χ0) is 12.3. The molecule has 1 unspecified atom stereocenters. The summed E-state index contributed by atoms with van der Waals surface area (Å²) >= 11 is 5.81. The summed E-state index contributed by atoms with van der Waals surface area (Å²) in [5, 5.41) is 4.81. The van der Waals surface area contributed by atoms with E-state index in [1.54, 1.807) is 6.20 Å². The minimum atomic E-state index is 0.406. The Hall–Kier alpha value is -1.32. The van der Waals surface area contributed by atoms with Crippen molar-refractivity contribution in [2.24, 2.45) is 5.73 Å². The molecule has 1 aromatic heterocycles. The first kappa shape index (κ1) is 12.1. The lowest BCUT2D eigenvalue weighted by molar-refractivity contribution is 0.686. The second-order valence-corrected chi connectivity index (χ2v) is 4.67. The summed E-state index contributed by atoms with van der Waals surface area (Å²) in [5.74, 6) is 0.406. The number of benzene rings is 1. The van der Waals surface area contributed by atoms with Crippen LogP contribution in [0.5, 0.6) is 0 Å². The Balaban J connectivity index is 2.08. The Morgan fingerprint density at radius 3 is 2.59 bits per heavy atom. The van der Waals surface area contributed by atoms with Gasteiger partial charge in [0.25, 0.3) is 0 Å². The second kappa shape index (κ2) is 5.34. The molecule has 2 N–H and O–H groups in total. The highest BCUT2D eigenvalue weighted by molar-refractivity contribution is 6.30. The standard InChI is InChI=1S/C13H16ClN3/c1-10(6-15)12-4-2-11(3-5-12)8-17-9-13(14)7-16-17/h2-5,7,9-10H,6,8,15H2,1H3. The van der Waals surface area contributed by atoms with Crippen molar-refractivity contribution in [2.75, 3.05) is 6.54 Å². The van der Waals surface area contributed by atoms with Gasteiger partial charge in [0, 0.05) is 6.20 Å². The van der Waals surface area contributed by atoms with Crippen LogP contribution in [0.1, 0.15) is 24.0 Å². The predicted molar refractivity (Wildman–Crippen MR) is 70.3 cm³/mol. The van der Waals surface area contributed by atoms with Crippen LogP contribution in [0, 0.1) is 0 Å². The molecule has 1 heterocycles. The summed E-state index contributed by atoms with van der Waals surface area (Å²) < 4.78 is 1.82. The van der Waals surface area contributed by atoms with Crippen molar-refractivity contribution >= 4 is 11.6 Å². The first-order valence-corrected chi connectivity index (χ1v) is 6.03. The normalized spacial score (nSPS) is 12.6. The molecule has 17 heavy (non-hydrogen) atoms. The third-order valence-corrected chi connectivity index (χ3v) is 3.04. The molecule has 0 amide bonds. The highest BCUT2D eigenvalue weighted by Crippen LogP contribution is 2.15. The van der Waals surface area contributed by atoms with Crippen molar-refractivity contribution < 1.29 is 0 Å². The maximum atomic E-state index is 5.81. The minimum Gasteiger partial charge on any atom is -0.330 e. The van der Waals surface area contributed by atoms with E-state index in [9.17, 15) is 0 Å². The Morgan fingerprint density at radius 1 is 1.35 bits per heavy atom. The van der Waals surface area contributed by atoms with Crippen LogP contribution in [0.3, 0.4) is 0 Å². The third kappa shape index (κ3) is 3.08. The predicted octanol–water partition coefficient (Wildman–Crippen LogP) is 2.65. The van der Waals surface area contributed by atoms with Gasteiger partial charge in [-0.2, -0.15) is 5.10 Å². The van der Waals surface area contributed by atoms with Gasteiger partial charge in [0.2, 0.25) is 0 Å². The molecule has 0 radical (unpaired) electrons. The fourth-order valence-electron chi connectivity index (χ4n) is 1.70. The Morgan fingerprint density at radius 2 is 2.06 bits per heavy atom. The van der Waals surface area contributed by atoms with E-state index in [0.717, 1.165) is 6.54 Å². The van der Waals surface area contributed by atoms with Gasteiger partial charge in [-0.25, -0.2) is 0 Å². The lowest BCUT2D eigenvalue weighted by Gasteiger charge is -2.09. The van der Waals surface area contributed by atoms with Gasteiger partial charge in [-0.15, -0.1) is 0 Å². The molecule has 1 atom stereocenters. The Kier molecular flexibility index (Phi) is 3.82. The zero-order valence-corrected chi connectivity index (χ0v) is 10.6. The topological polar surface area (TPSA) is 43.8 Å². The number of aromatic nitrogens is 2. The molecule has 3 nitrogen and oxygen atoms in total. The van der Waals surface area contributed by atoms with Crippen molar-refractivity contribution in [1.82, 2.24) is 9.78 Å². The molecule has 2 aromatic rings. The first-order chi connectivity index (χ1) is 8.19. The average Bonchev–Trinajstić information content (AvgIpc) is 2.75. The van der Waals surface area contributed by atoms with E-state index in [2.05, 4.69) is 36.3 Å². The summed E-state index contributed by atoms with van der Waals surface area (Å²) in [6.07, 6.45) is 3.46. The summed E-state index contributed by atoms with van der Waals surface area (Å²) in [6, 6.07) is 8.46. The van der Waals surface area contributed by atoms with Crippen LogP contribution >= 0.6 is 11.6 Å². The average molecular weight is 250 g/mol. The zero-order valence-electron chi connectivity index (χ0n) is 9.81. The molecule has 0 saturated carbocycles. The fourth-order valence-corrected chi connectivity index (χ4v) is 1.86. The molecular weight excluding hydrogens is 234 g/mol. The van der Waals surface area contributed by atoms with Crippen LogP contribution in [-0.4, -0.2) is 16.3 Å². The van der Waals surface area contributed by atoms with Gasteiger partial charge in [-0.1, -0.05) is 42.8 Å². The lowest BCUT2D eigenvalue weighted by Crippen LogP contribution is -2.09. The molecule has 90 valence electrons. The second-order valence-electron chi connectivity index (χ2n) is 4.23. The van der Waals surface area contributed by atoms with Crippen LogP contribution in [0.4, 0.5) is 0 Å². The van der Waals surface area contributed by atoms with Crippen molar-refractivity contribution in [3.05, 3.63) is 52.8 Å². The highest BCUT2D eigenvalue weighted by Gasteiger charge is 2.03. The maximum Gasteiger partial charge on any atom is 0.0785 e. The Labute approximate surface area is 106 Å². The van der Waals surface area contributed by atoms with Gasteiger partial charge in [0.1, 0.15) is 0 Å². The smallest absolute Gasteiger partial charge is 0.0785 e. The summed E-state index contributed by atoms with van der Waals surface area (Å²) in [5.41, 5.74) is 8.12. The molecule has 4 heteroatoms. The number of rotatable bonds is 4. The SMILES string of the molecule is CC(CN)c1ccc(Cn2cc(Cl)cn2)cc1. The van der Waals surface area contributed by atoms with Crippen LogP contribution < -0.4 is 5.73 Å². The van der Waals surface area contributed by atoms with Gasteiger partial charge < -0.3 is 5.73 Å². The fraction of sp³-hybridized carbons (Fsp3) is 0.308. The number of hydrogen-bond donors (Lipinski definition) is 1. The van der Waals surface area contributed by atoms with Crippen molar-refractivity contribution in [2.45, 2.75) is 19.4 Å². The molecule has 0 aliphatic carbocycles. The van der Waals surface area contributed by atoms with E-state index in [4.69, 9.17) is 17.3 Å². The number of nitrogens with two attached hydrogens (primary N) is 1. The van der Waals surface area contributed by atoms with Gasteiger partial charge in [0.05, 0.1) is 17.8 Å². The summed E-state index contributed by atoms with van der Waals surface area (Å²) in [6.45, 7) is 3.54. The monoisotopic (exact) mass is 249 g/mol. The van der Waals surface area contributed by atoms with E-state index in [-0.39, 0.29) is 0 Å². The number of nitrogens with zero attached hydrogens (tertiary/aromatic N) is 2. The molecule has 0 bridgehead atoms. The summed E-state index contributed by atoms with van der Waals surface area (Å²) in [4.78, 5) is 0. The van der Waals surface area contributed by atoms with Crippen LogP contribution in [0.15, 0.2) is 36.7 Å². The largest absolute Gasteiger partial charge is 0.330 e. The van der Waals surface area contributed by atoms with Gasteiger partial charge in [-0.05, 0) is 23.6 Å². The lowest BCUT2D eigenvalue weighted by atomic mass is 10.0. The van der Waals surface area contributed by atoms with Crippen molar-refractivity contribution in [3.63, 3.8) is 0 Å². The molecule has 0 aliphatic heterocycles. The van der Waals surface area contributed by atoms with Crippen LogP contribution in [0.25, 0.3) is 0 Å². The molecule has 0 spiro atoms. The third-order valence-electron chi connectivity index (χ3n) is 2.85. The van der Waals surface area contributed by atoms with Gasteiger partial charge in [0.15, 0.2) is 0 Å². The van der Waals surface area contributed by atoms with E-state index in [1.165, 1.54) is 11.1 Å². The maximum absolute atomic E-state index is 5.81. The highest BCUT2D eigenvalue weighted by atomic mass is 35.5. The molecule has 0 aliphatic rings. The Bertz CT molecular complexity index is 476. The molecular formula is C13H16ClN3. The number of hydrogen-bond acceptors (Lipinski definition) is 2. The molecule has 1 aromatic carbocycles. The van der Waals surface area contributed by atoms with Gasteiger partial charge in [-0.3, -0.25) is 4.68 Å². The van der Waals surface area contributed by atoms with E-state index < -0.39 is 0 Å². The molecule has 0 fully saturated rings. The van der Waals surface area contributed by atoms with Gasteiger partial charge >= 0.3 is 0 Å². The molecule has 2 rings (SSSR count). The first-order valence-electron chi connectivity index (χ1n) is 5.66. The quantitative estimate of drug-likeness (QED) is 0.905.